The lowest BCUT2D eigenvalue weighted by Crippen LogP contribution is -2.22. The van der Waals surface area contributed by atoms with Gasteiger partial charge in [0.15, 0.2) is 0 Å². The first-order valence-corrected chi connectivity index (χ1v) is 10.1. The van der Waals surface area contributed by atoms with Crippen LogP contribution in [-0.2, 0) is 13.1 Å². The monoisotopic (exact) mass is 382 g/mol. The summed E-state index contributed by atoms with van der Waals surface area (Å²) < 4.78 is 0. The van der Waals surface area contributed by atoms with Gasteiger partial charge in [-0.1, -0.05) is 27.7 Å². The standard InChI is InChI=1S/C22H34N6/c1-5-27(6-2)15-17-13-19(23)9-11-21(17)25-26-22-12-10-20(24)14-18(22)16-28(7-3)8-4/h9-14H,5-8,15-16,23-24H2,1-4H3/b26-25+. The van der Waals surface area contributed by atoms with E-state index < -0.39 is 0 Å². The summed E-state index contributed by atoms with van der Waals surface area (Å²) in [6.07, 6.45) is 0. The molecule has 0 radical (unpaired) electrons. The topological polar surface area (TPSA) is 83.2 Å². The zero-order valence-corrected chi connectivity index (χ0v) is 17.7. The second-order valence-corrected chi connectivity index (χ2v) is 6.90. The maximum absolute atomic E-state index is 6.01. The molecule has 0 aromatic heterocycles. The molecule has 0 bridgehead atoms. The second kappa shape index (κ2) is 10.8. The van der Waals surface area contributed by atoms with Gasteiger partial charge >= 0.3 is 0 Å². The van der Waals surface area contributed by atoms with Gasteiger partial charge in [0.1, 0.15) is 0 Å². The van der Waals surface area contributed by atoms with E-state index in [1.54, 1.807) is 0 Å². The molecule has 2 aromatic carbocycles. The summed E-state index contributed by atoms with van der Waals surface area (Å²) in [7, 11) is 0. The van der Waals surface area contributed by atoms with Crippen LogP contribution >= 0.6 is 0 Å². The predicted octanol–water partition coefficient (Wildman–Crippen LogP) is 4.95. The summed E-state index contributed by atoms with van der Waals surface area (Å²) in [4.78, 5) is 4.67. The molecule has 0 heterocycles. The summed E-state index contributed by atoms with van der Waals surface area (Å²) in [5.74, 6) is 0. The molecule has 0 fully saturated rings. The van der Waals surface area contributed by atoms with Crippen molar-refractivity contribution in [2.75, 3.05) is 37.6 Å². The fraction of sp³-hybridized carbons (Fsp3) is 0.455. The van der Waals surface area contributed by atoms with Gasteiger partial charge in [-0.3, -0.25) is 9.80 Å². The predicted molar refractivity (Wildman–Crippen MR) is 119 cm³/mol. The zero-order chi connectivity index (χ0) is 20.5. The van der Waals surface area contributed by atoms with E-state index in [0.717, 1.165) is 73.1 Å². The average Bonchev–Trinajstić information content (AvgIpc) is 2.70. The Morgan fingerprint density at radius 1 is 0.643 bits per heavy atom. The third-order valence-electron chi connectivity index (χ3n) is 5.05. The second-order valence-electron chi connectivity index (χ2n) is 6.90. The summed E-state index contributed by atoms with van der Waals surface area (Å²) >= 11 is 0. The Kier molecular flexibility index (Phi) is 8.42. The molecule has 2 aromatic rings. The first kappa shape index (κ1) is 21.9. The number of hydrogen-bond acceptors (Lipinski definition) is 6. The van der Waals surface area contributed by atoms with Crippen molar-refractivity contribution in [2.45, 2.75) is 40.8 Å². The summed E-state index contributed by atoms with van der Waals surface area (Å²) in [5, 5.41) is 9.14. The van der Waals surface area contributed by atoms with Crippen LogP contribution in [0, 0.1) is 0 Å². The van der Waals surface area contributed by atoms with Crippen molar-refractivity contribution in [3.05, 3.63) is 47.5 Å². The Morgan fingerprint density at radius 3 is 1.32 bits per heavy atom. The van der Waals surface area contributed by atoms with Crippen LogP contribution in [0.1, 0.15) is 38.8 Å². The average molecular weight is 383 g/mol. The van der Waals surface area contributed by atoms with E-state index >= 15 is 0 Å². The fourth-order valence-electron chi connectivity index (χ4n) is 3.14. The molecule has 0 unspecified atom stereocenters. The van der Waals surface area contributed by atoms with Gasteiger partial charge in [0.05, 0.1) is 11.4 Å². The van der Waals surface area contributed by atoms with E-state index in [2.05, 4.69) is 47.7 Å². The largest absolute Gasteiger partial charge is 0.399 e. The highest BCUT2D eigenvalue weighted by molar-refractivity contribution is 5.57. The number of nitrogen functional groups attached to an aromatic ring is 2. The van der Waals surface area contributed by atoms with Crippen molar-refractivity contribution in [1.82, 2.24) is 9.80 Å². The Bertz CT molecular complexity index is 713. The van der Waals surface area contributed by atoms with Crippen LogP contribution in [0.25, 0.3) is 0 Å². The molecule has 6 heteroatoms. The molecule has 0 spiro atoms. The Balaban J connectivity index is 2.33. The first-order chi connectivity index (χ1) is 13.5. The van der Waals surface area contributed by atoms with Crippen molar-refractivity contribution < 1.29 is 0 Å². The molecule has 152 valence electrons. The van der Waals surface area contributed by atoms with Gasteiger partial charge in [-0.15, -0.1) is 0 Å². The van der Waals surface area contributed by atoms with Gasteiger partial charge in [0.2, 0.25) is 0 Å². The van der Waals surface area contributed by atoms with Gasteiger partial charge in [0, 0.05) is 24.5 Å². The van der Waals surface area contributed by atoms with Gasteiger partial charge in [0.25, 0.3) is 0 Å². The molecule has 0 amide bonds. The molecule has 0 aliphatic rings. The van der Waals surface area contributed by atoms with E-state index in [-0.39, 0.29) is 0 Å². The van der Waals surface area contributed by atoms with Crippen molar-refractivity contribution in [2.24, 2.45) is 10.2 Å². The lowest BCUT2D eigenvalue weighted by molar-refractivity contribution is 0.296. The molecule has 0 saturated carbocycles. The highest BCUT2D eigenvalue weighted by atomic mass is 15.1. The number of nitrogens with zero attached hydrogens (tertiary/aromatic N) is 4. The zero-order valence-electron chi connectivity index (χ0n) is 17.7. The van der Waals surface area contributed by atoms with Crippen LogP contribution in [0.5, 0.6) is 0 Å². The fourth-order valence-corrected chi connectivity index (χ4v) is 3.14. The minimum atomic E-state index is 0.746. The summed E-state index contributed by atoms with van der Waals surface area (Å²) in [5.41, 5.74) is 17.4. The highest BCUT2D eigenvalue weighted by Crippen LogP contribution is 2.29. The van der Waals surface area contributed by atoms with Crippen molar-refractivity contribution in [3.8, 4) is 0 Å². The summed E-state index contributed by atoms with van der Waals surface area (Å²) in [6, 6.07) is 11.6. The molecule has 28 heavy (non-hydrogen) atoms. The van der Waals surface area contributed by atoms with Crippen molar-refractivity contribution in [1.29, 1.82) is 0 Å². The Labute approximate surface area is 169 Å². The third kappa shape index (κ3) is 6.04. The lowest BCUT2D eigenvalue weighted by atomic mass is 10.1. The van der Waals surface area contributed by atoms with E-state index in [1.165, 1.54) is 0 Å². The van der Waals surface area contributed by atoms with Gasteiger partial charge in [-0.05, 0) is 73.7 Å². The van der Waals surface area contributed by atoms with Crippen molar-refractivity contribution >= 4 is 22.7 Å². The molecule has 0 saturated heterocycles. The Hall–Kier alpha value is -2.44. The van der Waals surface area contributed by atoms with Crippen LogP contribution in [0.3, 0.4) is 0 Å². The summed E-state index contributed by atoms with van der Waals surface area (Å²) in [6.45, 7) is 14.2. The molecular formula is C22H34N6. The van der Waals surface area contributed by atoms with E-state index in [4.69, 9.17) is 11.5 Å². The first-order valence-electron chi connectivity index (χ1n) is 10.1. The van der Waals surface area contributed by atoms with Crippen LogP contribution in [0.4, 0.5) is 22.7 Å². The smallest absolute Gasteiger partial charge is 0.0903 e. The number of benzene rings is 2. The maximum Gasteiger partial charge on any atom is 0.0903 e. The van der Waals surface area contributed by atoms with E-state index in [1.807, 2.05) is 36.4 Å². The molecule has 0 aliphatic heterocycles. The highest BCUT2D eigenvalue weighted by Gasteiger charge is 2.10. The van der Waals surface area contributed by atoms with Crippen molar-refractivity contribution in [3.63, 3.8) is 0 Å². The third-order valence-corrected chi connectivity index (χ3v) is 5.05. The van der Waals surface area contributed by atoms with E-state index in [0.29, 0.717) is 0 Å². The van der Waals surface area contributed by atoms with Crippen LogP contribution in [0.2, 0.25) is 0 Å². The molecule has 0 aliphatic carbocycles. The lowest BCUT2D eigenvalue weighted by Gasteiger charge is -2.19. The number of anilines is 2. The normalized spacial score (nSPS) is 11.8. The Morgan fingerprint density at radius 2 is 1.00 bits per heavy atom. The number of rotatable bonds is 10. The molecule has 2 rings (SSSR count). The minimum Gasteiger partial charge on any atom is -0.399 e. The van der Waals surface area contributed by atoms with Gasteiger partial charge < -0.3 is 11.5 Å². The number of hydrogen-bond donors (Lipinski definition) is 2. The molecule has 6 nitrogen and oxygen atoms in total. The maximum atomic E-state index is 6.01. The quantitative estimate of drug-likeness (QED) is 0.450. The van der Waals surface area contributed by atoms with Gasteiger partial charge in [-0.2, -0.15) is 10.2 Å². The van der Waals surface area contributed by atoms with Gasteiger partial charge in [-0.25, -0.2) is 0 Å². The number of azo groups is 1. The molecular weight excluding hydrogens is 348 g/mol. The van der Waals surface area contributed by atoms with Crippen LogP contribution in [-0.4, -0.2) is 36.0 Å². The SMILES string of the molecule is CCN(CC)Cc1cc(N)ccc1/N=N/c1ccc(N)cc1CN(CC)CC. The molecule has 4 N–H and O–H groups in total. The molecule has 0 atom stereocenters. The van der Waals surface area contributed by atoms with E-state index in [9.17, 15) is 0 Å². The minimum absolute atomic E-state index is 0.746. The van der Waals surface area contributed by atoms with Crippen LogP contribution < -0.4 is 11.5 Å². The number of nitrogens with two attached hydrogens (primary N) is 2. The van der Waals surface area contributed by atoms with Crippen LogP contribution in [0.15, 0.2) is 46.6 Å².